The average molecular weight is 394 g/mol. The molecule has 0 spiro atoms. The lowest BCUT2D eigenvalue weighted by Crippen LogP contribution is -2.69. The molecule has 9 N–H and O–H groups in total. The molecule has 27 heavy (non-hydrogen) atoms. The fourth-order valence-electron chi connectivity index (χ4n) is 3.36. The Morgan fingerprint density at radius 2 is 1.44 bits per heavy atom. The Balaban J connectivity index is 2.86. The van der Waals surface area contributed by atoms with Crippen LogP contribution in [0.2, 0.25) is 0 Å². The molecular formula is C16H30N2O9. The highest BCUT2D eigenvalue weighted by Crippen LogP contribution is 2.30. The van der Waals surface area contributed by atoms with Crippen LogP contribution in [0.5, 0.6) is 0 Å². The van der Waals surface area contributed by atoms with E-state index < -0.39 is 61.0 Å². The molecular weight excluding hydrogens is 364 g/mol. The molecule has 1 aliphatic carbocycles. The minimum absolute atomic E-state index is 0.0158. The van der Waals surface area contributed by atoms with Gasteiger partial charge in [0.25, 0.3) is 0 Å². The summed E-state index contributed by atoms with van der Waals surface area (Å²) in [6, 6.07) is -1.92. The summed E-state index contributed by atoms with van der Waals surface area (Å²) in [5, 5.41) is 73.0. The van der Waals surface area contributed by atoms with Gasteiger partial charge in [0.2, 0.25) is 0 Å². The molecule has 0 amide bonds. The molecule has 0 aromatic rings. The van der Waals surface area contributed by atoms with Gasteiger partial charge >= 0.3 is 11.9 Å². The van der Waals surface area contributed by atoms with E-state index in [1.807, 2.05) is 0 Å². The number of aliphatic carboxylic acids is 2. The van der Waals surface area contributed by atoms with Gasteiger partial charge in [0, 0.05) is 25.4 Å². The van der Waals surface area contributed by atoms with Crippen LogP contribution < -0.4 is 10.6 Å². The standard InChI is InChI=1S/C16H30N2O9/c19-7-8(20)6-18-13-15(26)9(2-1-3-10(21)22)14(25)12(16(13)27)17-5-4-11(23)24/h8-9,12-20,25-27H,1-7H2,(H,21,22)(H,23,24)/t8?,9-,12+,13-,14+,15-,16+/m1/s1. The molecule has 0 aromatic carbocycles. The number of nitrogens with one attached hydrogen (secondary N) is 2. The first-order valence-electron chi connectivity index (χ1n) is 8.92. The lowest BCUT2D eigenvalue weighted by atomic mass is 9.73. The van der Waals surface area contributed by atoms with Crippen molar-refractivity contribution in [2.24, 2.45) is 5.92 Å². The van der Waals surface area contributed by atoms with E-state index in [0.717, 1.165) is 0 Å². The van der Waals surface area contributed by atoms with Crippen molar-refractivity contribution in [2.45, 2.75) is 62.2 Å². The first-order valence-corrected chi connectivity index (χ1v) is 8.92. The maximum atomic E-state index is 10.7. The summed E-state index contributed by atoms with van der Waals surface area (Å²) in [7, 11) is 0. The fraction of sp³-hybridized carbons (Fsp3) is 0.875. The predicted octanol–water partition coefficient (Wildman–Crippen LogP) is -3.30. The third-order valence-corrected chi connectivity index (χ3v) is 4.80. The lowest BCUT2D eigenvalue weighted by Gasteiger charge is -2.47. The van der Waals surface area contributed by atoms with Crippen LogP contribution in [0.1, 0.15) is 25.7 Å². The maximum Gasteiger partial charge on any atom is 0.304 e. The van der Waals surface area contributed by atoms with Crippen molar-refractivity contribution in [2.75, 3.05) is 19.7 Å². The predicted molar refractivity (Wildman–Crippen MR) is 91.9 cm³/mol. The quantitative estimate of drug-likeness (QED) is 0.160. The number of aliphatic hydroxyl groups is 5. The molecule has 0 aliphatic heterocycles. The van der Waals surface area contributed by atoms with Crippen molar-refractivity contribution in [1.29, 1.82) is 0 Å². The van der Waals surface area contributed by atoms with Crippen LogP contribution >= 0.6 is 0 Å². The molecule has 1 unspecified atom stereocenters. The van der Waals surface area contributed by atoms with E-state index in [4.69, 9.17) is 15.3 Å². The zero-order valence-electron chi connectivity index (χ0n) is 14.9. The Kier molecular flexibility index (Phi) is 10.1. The van der Waals surface area contributed by atoms with E-state index in [1.54, 1.807) is 0 Å². The number of hydrogen-bond acceptors (Lipinski definition) is 9. The summed E-state index contributed by atoms with van der Waals surface area (Å²) < 4.78 is 0. The Morgan fingerprint density at radius 1 is 0.889 bits per heavy atom. The van der Waals surface area contributed by atoms with Crippen LogP contribution in [0.4, 0.5) is 0 Å². The van der Waals surface area contributed by atoms with Crippen molar-refractivity contribution in [3.8, 4) is 0 Å². The van der Waals surface area contributed by atoms with Crippen LogP contribution in [0.25, 0.3) is 0 Å². The number of hydrogen-bond donors (Lipinski definition) is 9. The molecule has 0 heterocycles. The van der Waals surface area contributed by atoms with Gasteiger partial charge in [0.15, 0.2) is 0 Å². The van der Waals surface area contributed by atoms with Gasteiger partial charge in [-0.05, 0) is 12.8 Å². The molecule has 1 rings (SSSR count). The van der Waals surface area contributed by atoms with Crippen LogP contribution in [0, 0.1) is 5.92 Å². The second-order valence-electron chi connectivity index (χ2n) is 6.82. The van der Waals surface area contributed by atoms with Crippen molar-refractivity contribution in [1.82, 2.24) is 10.6 Å². The van der Waals surface area contributed by atoms with Crippen molar-refractivity contribution in [3.05, 3.63) is 0 Å². The van der Waals surface area contributed by atoms with Crippen LogP contribution in [0.15, 0.2) is 0 Å². The molecule has 0 aromatic heterocycles. The van der Waals surface area contributed by atoms with Gasteiger partial charge in [-0.2, -0.15) is 0 Å². The summed E-state index contributed by atoms with van der Waals surface area (Å²) >= 11 is 0. The molecule has 0 saturated heterocycles. The Hall–Kier alpha value is -1.34. The SMILES string of the molecule is O=C(O)CCC[C@H]1[C@@H](O)[C@@H](NCC(O)CO)[C@@H](O)[C@@H](NCCC(=O)O)[C@H]1O. The van der Waals surface area contributed by atoms with Crippen LogP contribution in [-0.4, -0.2) is 104 Å². The van der Waals surface area contributed by atoms with Gasteiger partial charge < -0.3 is 46.4 Å². The van der Waals surface area contributed by atoms with E-state index in [1.165, 1.54) is 0 Å². The monoisotopic (exact) mass is 394 g/mol. The molecule has 1 fully saturated rings. The number of carboxylic acid groups (broad SMARTS) is 2. The summed E-state index contributed by atoms with van der Waals surface area (Å²) in [4.78, 5) is 21.4. The number of aliphatic hydroxyl groups excluding tert-OH is 5. The highest BCUT2D eigenvalue weighted by atomic mass is 16.4. The largest absolute Gasteiger partial charge is 0.481 e. The van der Waals surface area contributed by atoms with Gasteiger partial charge in [-0.25, -0.2) is 0 Å². The highest BCUT2D eigenvalue weighted by molar-refractivity contribution is 5.67. The van der Waals surface area contributed by atoms with Gasteiger partial charge in [0.05, 0.1) is 49.5 Å². The topological polar surface area (TPSA) is 200 Å². The third-order valence-electron chi connectivity index (χ3n) is 4.80. The zero-order valence-corrected chi connectivity index (χ0v) is 14.9. The fourth-order valence-corrected chi connectivity index (χ4v) is 3.36. The second-order valence-corrected chi connectivity index (χ2v) is 6.82. The first-order chi connectivity index (χ1) is 12.7. The van der Waals surface area contributed by atoms with E-state index in [2.05, 4.69) is 10.6 Å². The molecule has 0 radical (unpaired) electrons. The molecule has 1 saturated carbocycles. The smallest absolute Gasteiger partial charge is 0.304 e. The van der Waals surface area contributed by atoms with Gasteiger partial charge in [0.1, 0.15) is 0 Å². The van der Waals surface area contributed by atoms with E-state index in [-0.39, 0.29) is 38.8 Å². The summed E-state index contributed by atoms with van der Waals surface area (Å²) in [5.41, 5.74) is 0. The van der Waals surface area contributed by atoms with Crippen LogP contribution in [0.3, 0.4) is 0 Å². The van der Waals surface area contributed by atoms with Crippen molar-refractivity contribution < 1.29 is 45.3 Å². The average Bonchev–Trinajstić information content (AvgIpc) is 2.59. The molecule has 1 aliphatic rings. The molecule has 158 valence electrons. The lowest BCUT2D eigenvalue weighted by molar-refractivity contribution is -0.138. The third kappa shape index (κ3) is 7.30. The van der Waals surface area contributed by atoms with E-state index in [9.17, 15) is 30.0 Å². The molecule has 11 heteroatoms. The minimum Gasteiger partial charge on any atom is -0.481 e. The summed E-state index contributed by atoms with van der Waals surface area (Å²) in [6.07, 6.45) is -4.85. The summed E-state index contributed by atoms with van der Waals surface area (Å²) in [5.74, 6) is -2.83. The Labute approximate surface area is 156 Å². The normalized spacial score (nSPS) is 32.2. The molecule has 7 atom stereocenters. The summed E-state index contributed by atoms with van der Waals surface area (Å²) in [6.45, 7) is -0.649. The highest BCUT2D eigenvalue weighted by Gasteiger charge is 2.48. The van der Waals surface area contributed by atoms with Crippen LogP contribution in [-0.2, 0) is 9.59 Å². The Bertz CT molecular complexity index is 445. The molecule has 0 bridgehead atoms. The number of rotatable bonds is 12. The van der Waals surface area contributed by atoms with Gasteiger partial charge in [-0.1, -0.05) is 0 Å². The van der Waals surface area contributed by atoms with Crippen molar-refractivity contribution in [3.63, 3.8) is 0 Å². The Morgan fingerprint density at radius 3 is 1.96 bits per heavy atom. The van der Waals surface area contributed by atoms with Gasteiger partial charge in [-0.15, -0.1) is 0 Å². The van der Waals surface area contributed by atoms with Crippen molar-refractivity contribution >= 4 is 11.9 Å². The zero-order chi connectivity index (χ0) is 20.6. The number of carboxylic acids is 2. The molecule has 11 nitrogen and oxygen atoms in total. The second kappa shape index (κ2) is 11.5. The van der Waals surface area contributed by atoms with Gasteiger partial charge in [-0.3, -0.25) is 9.59 Å². The minimum atomic E-state index is -1.30. The number of carbonyl (C=O) groups is 2. The maximum absolute atomic E-state index is 10.7. The first kappa shape index (κ1) is 23.7. The van der Waals surface area contributed by atoms with E-state index in [0.29, 0.717) is 0 Å². The van der Waals surface area contributed by atoms with E-state index >= 15 is 0 Å².